The first-order chi connectivity index (χ1) is 9.79. The molecule has 3 aromatic rings. The van der Waals surface area contributed by atoms with Gasteiger partial charge in [0.15, 0.2) is 0 Å². The maximum Gasteiger partial charge on any atom is 0.148 e. The fourth-order valence-electron chi connectivity index (χ4n) is 2.32. The summed E-state index contributed by atoms with van der Waals surface area (Å²) in [4.78, 5) is 0. The molecule has 20 heavy (non-hydrogen) atoms. The molecule has 1 atom stereocenters. The Hall–Kier alpha value is -1.78. The molecule has 4 heteroatoms. The van der Waals surface area contributed by atoms with E-state index in [-0.39, 0.29) is 6.04 Å². The van der Waals surface area contributed by atoms with Gasteiger partial charge in [0.25, 0.3) is 0 Å². The van der Waals surface area contributed by atoms with Gasteiger partial charge in [0.1, 0.15) is 10.0 Å². The van der Waals surface area contributed by atoms with Gasteiger partial charge < -0.3 is 5.32 Å². The highest BCUT2D eigenvalue weighted by atomic mass is 32.1. The molecule has 0 saturated heterocycles. The fourth-order valence-corrected chi connectivity index (χ4v) is 3.23. The van der Waals surface area contributed by atoms with E-state index in [1.165, 1.54) is 10.8 Å². The summed E-state index contributed by atoms with van der Waals surface area (Å²) >= 11 is 1.66. The number of hydrogen-bond acceptors (Lipinski definition) is 4. The Kier molecular flexibility index (Phi) is 3.76. The molecule has 0 amide bonds. The molecule has 0 spiro atoms. The van der Waals surface area contributed by atoms with Gasteiger partial charge in [-0.1, -0.05) is 60.7 Å². The second-order valence-corrected chi connectivity index (χ2v) is 5.76. The molecule has 3 rings (SSSR count). The van der Waals surface area contributed by atoms with Crippen molar-refractivity contribution in [2.45, 2.75) is 19.9 Å². The predicted molar refractivity (Wildman–Crippen MR) is 84.9 cm³/mol. The van der Waals surface area contributed by atoms with Gasteiger partial charge in [-0.05, 0) is 24.2 Å². The monoisotopic (exact) mass is 283 g/mol. The number of nitrogens with zero attached hydrogens (tertiary/aromatic N) is 2. The highest BCUT2D eigenvalue weighted by Gasteiger charge is 2.13. The standard InChI is InChI=1S/C16H17N3S/c1-3-17-11(2)15-18-19-16(20-15)14-10-6-8-12-7-4-5-9-13(12)14/h4-11,17H,3H2,1-2H3. The van der Waals surface area contributed by atoms with E-state index >= 15 is 0 Å². The molecule has 1 aromatic heterocycles. The summed E-state index contributed by atoms with van der Waals surface area (Å²) in [5.74, 6) is 0. The topological polar surface area (TPSA) is 37.8 Å². The molecule has 0 bridgehead atoms. The number of nitrogens with one attached hydrogen (secondary N) is 1. The number of rotatable bonds is 4. The van der Waals surface area contributed by atoms with Crippen LogP contribution >= 0.6 is 11.3 Å². The van der Waals surface area contributed by atoms with Gasteiger partial charge in [0.05, 0.1) is 6.04 Å². The van der Waals surface area contributed by atoms with Crippen molar-refractivity contribution in [2.75, 3.05) is 6.54 Å². The largest absolute Gasteiger partial charge is 0.308 e. The average Bonchev–Trinajstić information content (AvgIpc) is 2.97. The van der Waals surface area contributed by atoms with Crippen molar-refractivity contribution in [3.63, 3.8) is 0 Å². The zero-order valence-corrected chi connectivity index (χ0v) is 12.4. The molecule has 0 aliphatic heterocycles. The average molecular weight is 283 g/mol. The van der Waals surface area contributed by atoms with Crippen LogP contribution in [0, 0.1) is 0 Å². The van der Waals surface area contributed by atoms with Crippen molar-refractivity contribution in [3.8, 4) is 10.6 Å². The van der Waals surface area contributed by atoms with Gasteiger partial charge in [0.2, 0.25) is 0 Å². The highest BCUT2D eigenvalue weighted by Crippen LogP contribution is 2.32. The van der Waals surface area contributed by atoms with E-state index in [4.69, 9.17) is 0 Å². The third-order valence-electron chi connectivity index (χ3n) is 3.34. The lowest BCUT2D eigenvalue weighted by atomic mass is 10.1. The summed E-state index contributed by atoms with van der Waals surface area (Å²) in [6, 6.07) is 15.0. The minimum Gasteiger partial charge on any atom is -0.308 e. The molecule has 2 aromatic carbocycles. The van der Waals surface area contributed by atoms with Gasteiger partial charge in [-0.3, -0.25) is 0 Å². The van der Waals surface area contributed by atoms with Crippen LogP contribution in [0.25, 0.3) is 21.3 Å². The van der Waals surface area contributed by atoms with Crippen LogP contribution in [0.15, 0.2) is 42.5 Å². The summed E-state index contributed by atoms with van der Waals surface area (Å²) in [5, 5.41) is 16.6. The lowest BCUT2D eigenvalue weighted by molar-refractivity contribution is 0.590. The van der Waals surface area contributed by atoms with Crippen LogP contribution in [-0.2, 0) is 0 Å². The van der Waals surface area contributed by atoms with Crippen LogP contribution in [0.1, 0.15) is 24.9 Å². The molecule has 0 aliphatic rings. The summed E-state index contributed by atoms with van der Waals surface area (Å²) in [6.45, 7) is 5.16. The molecule has 102 valence electrons. The fraction of sp³-hybridized carbons (Fsp3) is 0.250. The Morgan fingerprint density at radius 2 is 1.90 bits per heavy atom. The molecule has 3 nitrogen and oxygen atoms in total. The lowest BCUT2D eigenvalue weighted by Gasteiger charge is -2.06. The van der Waals surface area contributed by atoms with Crippen LogP contribution in [0.5, 0.6) is 0 Å². The maximum atomic E-state index is 4.37. The molecule has 0 saturated carbocycles. The van der Waals surface area contributed by atoms with Crippen molar-refractivity contribution in [1.82, 2.24) is 15.5 Å². The molecule has 1 N–H and O–H groups in total. The number of hydrogen-bond donors (Lipinski definition) is 1. The normalized spacial score (nSPS) is 12.7. The van der Waals surface area contributed by atoms with Crippen molar-refractivity contribution in [2.24, 2.45) is 0 Å². The van der Waals surface area contributed by atoms with Gasteiger partial charge in [-0.25, -0.2) is 0 Å². The lowest BCUT2D eigenvalue weighted by Crippen LogP contribution is -2.17. The van der Waals surface area contributed by atoms with Crippen molar-refractivity contribution < 1.29 is 0 Å². The first kappa shape index (κ1) is 13.2. The Morgan fingerprint density at radius 3 is 2.75 bits per heavy atom. The smallest absolute Gasteiger partial charge is 0.148 e. The van der Waals surface area contributed by atoms with Gasteiger partial charge in [0, 0.05) is 5.56 Å². The molecule has 1 unspecified atom stereocenters. The Bertz CT molecular complexity index is 715. The summed E-state index contributed by atoms with van der Waals surface area (Å²) < 4.78 is 0. The number of aromatic nitrogens is 2. The summed E-state index contributed by atoms with van der Waals surface area (Å²) in [6.07, 6.45) is 0. The van der Waals surface area contributed by atoms with Crippen LogP contribution in [0.4, 0.5) is 0 Å². The number of benzene rings is 2. The van der Waals surface area contributed by atoms with Gasteiger partial charge in [-0.15, -0.1) is 10.2 Å². The Morgan fingerprint density at radius 1 is 1.10 bits per heavy atom. The van der Waals surface area contributed by atoms with Crippen LogP contribution < -0.4 is 5.32 Å². The van der Waals surface area contributed by atoms with Crippen molar-refractivity contribution in [1.29, 1.82) is 0 Å². The van der Waals surface area contributed by atoms with E-state index < -0.39 is 0 Å². The second-order valence-electron chi connectivity index (χ2n) is 4.75. The zero-order chi connectivity index (χ0) is 13.9. The first-order valence-corrected chi connectivity index (χ1v) is 7.66. The third kappa shape index (κ3) is 2.44. The number of fused-ring (bicyclic) bond motifs is 1. The van der Waals surface area contributed by atoms with E-state index in [2.05, 4.69) is 71.8 Å². The van der Waals surface area contributed by atoms with Crippen LogP contribution in [-0.4, -0.2) is 16.7 Å². The van der Waals surface area contributed by atoms with E-state index in [0.29, 0.717) is 0 Å². The van der Waals surface area contributed by atoms with Gasteiger partial charge in [-0.2, -0.15) is 0 Å². The summed E-state index contributed by atoms with van der Waals surface area (Å²) in [5.41, 5.74) is 1.16. The minimum absolute atomic E-state index is 0.251. The van der Waals surface area contributed by atoms with Crippen molar-refractivity contribution in [3.05, 3.63) is 47.5 Å². The molecular formula is C16H17N3S. The third-order valence-corrected chi connectivity index (χ3v) is 4.48. The predicted octanol–water partition coefficient (Wildman–Crippen LogP) is 4.03. The van der Waals surface area contributed by atoms with E-state index in [1.54, 1.807) is 11.3 Å². The van der Waals surface area contributed by atoms with Crippen molar-refractivity contribution >= 4 is 22.1 Å². The summed E-state index contributed by atoms with van der Waals surface area (Å²) in [7, 11) is 0. The Balaban J connectivity index is 2.03. The van der Waals surface area contributed by atoms with Crippen LogP contribution in [0.2, 0.25) is 0 Å². The van der Waals surface area contributed by atoms with E-state index in [1.807, 2.05) is 0 Å². The molecule has 0 aliphatic carbocycles. The quantitative estimate of drug-likeness (QED) is 0.785. The Labute approximate surface area is 122 Å². The maximum absolute atomic E-state index is 4.37. The van der Waals surface area contributed by atoms with E-state index in [0.717, 1.165) is 22.1 Å². The van der Waals surface area contributed by atoms with Crippen LogP contribution in [0.3, 0.4) is 0 Å². The zero-order valence-electron chi connectivity index (χ0n) is 11.6. The molecular weight excluding hydrogens is 266 g/mol. The molecule has 0 radical (unpaired) electrons. The SMILES string of the molecule is CCNC(C)c1nnc(-c2cccc3ccccc23)s1. The molecule has 1 heterocycles. The van der Waals surface area contributed by atoms with Gasteiger partial charge >= 0.3 is 0 Å². The second kappa shape index (κ2) is 5.69. The van der Waals surface area contributed by atoms with E-state index in [9.17, 15) is 0 Å². The first-order valence-electron chi connectivity index (χ1n) is 6.84. The molecule has 0 fully saturated rings. The minimum atomic E-state index is 0.251. The highest BCUT2D eigenvalue weighted by molar-refractivity contribution is 7.14.